The molecule has 0 aliphatic rings. The van der Waals surface area contributed by atoms with Gasteiger partial charge in [0.2, 0.25) is 0 Å². The van der Waals surface area contributed by atoms with Crippen LogP contribution in [0.4, 0.5) is 5.69 Å². The lowest BCUT2D eigenvalue weighted by molar-refractivity contribution is 0.243. The van der Waals surface area contributed by atoms with Crippen molar-refractivity contribution in [3.63, 3.8) is 0 Å². The number of anilines is 1. The summed E-state index contributed by atoms with van der Waals surface area (Å²) in [5.41, 5.74) is 6.60. The Bertz CT molecular complexity index is 352. The number of thioether (sulfide) groups is 1. The van der Waals surface area contributed by atoms with Crippen LogP contribution in [0.1, 0.15) is 34.1 Å². The van der Waals surface area contributed by atoms with Crippen LogP contribution in [0.3, 0.4) is 0 Å². The molecular formula is C14H23NOS. The van der Waals surface area contributed by atoms with Crippen LogP contribution in [0.25, 0.3) is 0 Å². The molecule has 2 N–H and O–H groups in total. The van der Waals surface area contributed by atoms with Crippen LogP contribution in [-0.2, 0) is 0 Å². The summed E-state index contributed by atoms with van der Waals surface area (Å²) in [5, 5.41) is 0. The third-order valence-corrected chi connectivity index (χ3v) is 3.90. The first-order chi connectivity index (χ1) is 8.02. The molecular weight excluding hydrogens is 230 g/mol. The molecule has 1 atom stereocenters. The minimum Gasteiger partial charge on any atom is -0.489 e. The van der Waals surface area contributed by atoms with Gasteiger partial charge in [0.15, 0.2) is 0 Å². The summed E-state index contributed by atoms with van der Waals surface area (Å²) < 4.78 is 5.68. The van der Waals surface area contributed by atoms with Crippen LogP contribution < -0.4 is 10.5 Å². The van der Waals surface area contributed by atoms with Crippen LogP contribution in [0.2, 0.25) is 0 Å². The lowest BCUT2D eigenvalue weighted by Gasteiger charge is -2.14. The molecule has 0 saturated carbocycles. The normalized spacial score (nSPS) is 12.8. The maximum atomic E-state index is 5.89. The van der Waals surface area contributed by atoms with Crippen molar-refractivity contribution < 1.29 is 4.74 Å². The van der Waals surface area contributed by atoms with Gasteiger partial charge in [-0.05, 0) is 38.0 Å². The zero-order chi connectivity index (χ0) is 12.8. The van der Waals surface area contributed by atoms with Crippen molar-refractivity contribution >= 4 is 17.4 Å². The topological polar surface area (TPSA) is 35.2 Å². The number of rotatable bonds is 6. The number of nitrogens with two attached hydrogens (primary N) is 1. The molecule has 1 rings (SSSR count). The molecule has 0 aromatic heterocycles. The zero-order valence-electron chi connectivity index (χ0n) is 11.2. The molecule has 1 unspecified atom stereocenters. The third-order valence-electron chi connectivity index (χ3n) is 2.58. The maximum Gasteiger partial charge on any atom is 0.143 e. The molecule has 0 bridgehead atoms. The standard InChI is InChI=1S/C14H23NOS/c1-5-11(4)9-17-12-6-7-13(15)14(8-12)16-10(2)3/h6-8,10-11H,5,9,15H2,1-4H3. The predicted octanol–water partition coefficient (Wildman–Crippen LogP) is 4.19. The summed E-state index contributed by atoms with van der Waals surface area (Å²) in [7, 11) is 0. The predicted molar refractivity (Wildman–Crippen MR) is 76.8 cm³/mol. The van der Waals surface area contributed by atoms with Gasteiger partial charge in [0, 0.05) is 10.6 Å². The van der Waals surface area contributed by atoms with E-state index in [-0.39, 0.29) is 6.10 Å². The highest BCUT2D eigenvalue weighted by molar-refractivity contribution is 7.99. The Labute approximate surface area is 109 Å². The smallest absolute Gasteiger partial charge is 0.143 e. The number of nitrogen functional groups attached to an aromatic ring is 1. The molecule has 0 heterocycles. The maximum absolute atomic E-state index is 5.89. The van der Waals surface area contributed by atoms with E-state index in [4.69, 9.17) is 10.5 Å². The molecule has 0 fully saturated rings. The first-order valence-electron chi connectivity index (χ1n) is 6.21. The molecule has 0 saturated heterocycles. The van der Waals surface area contributed by atoms with Crippen molar-refractivity contribution in [2.24, 2.45) is 5.92 Å². The summed E-state index contributed by atoms with van der Waals surface area (Å²) in [6, 6.07) is 6.04. The quantitative estimate of drug-likeness (QED) is 0.610. The SMILES string of the molecule is CCC(C)CSc1ccc(N)c(OC(C)C)c1. The summed E-state index contributed by atoms with van der Waals surface area (Å²) in [5.74, 6) is 2.68. The van der Waals surface area contributed by atoms with Gasteiger partial charge in [-0.25, -0.2) is 0 Å². The van der Waals surface area contributed by atoms with Gasteiger partial charge in [-0.1, -0.05) is 20.3 Å². The average Bonchev–Trinajstić information content (AvgIpc) is 2.29. The molecule has 0 spiro atoms. The van der Waals surface area contributed by atoms with Crippen molar-refractivity contribution in [1.29, 1.82) is 0 Å². The second kappa shape index (κ2) is 6.80. The minimum absolute atomic E-state index is 0.159. The van der Waals surface area contributed by atoms with E-state index in [2.05, 4.69) is 19.9 Å². The van der Waals surface area contributed by atoms with E-state index < -0.39 is 0 Å². The Hall–Kier alpha value is -0.830. The second-order valence-electron chi connectivity index (χ2n) is 4.69. The Kier molecular flexibility index (Phi) is 5.69. The van der Waals surface area contributed by atoms with Gasteiger partial charge in [-0.3, -0.25) is 0 Å². The Morgan fingerprint density at radius 2 is 2.00 bits per heavy atom. The fourth-order valence-electron chi connectivity index (χ4n) is 1.32. The Morgan fingerprint density at radius 3 is 2.59 bits per heavy atom. The van der Waals surface area contributed by atoms with E-state index in [1.807, 2.05) is 37.7 Å². The van der Waals surface area contributed by atoms with E-state index in [0.717, 1.165) is 17.4 Å². The Morgan fingerprint density at radius 1 is 1.29 bits per heavy atom. The van der Waals surface area contributed by atoms with Crippen molar-refractivity contribution in [2.75, 3.05) is 11.5 Å². The van der Waals surface area contributed by atoms with Crippen LogP contribution >= 0.6 is 11.8 Å². The second-order valence-corrected chi connectivity index (χ2v) is 5.78. The molecule has 0 radical (unpaired) electrons. The van der Waals surface area contributed by atoms with Gasteiger partial charge in [0.1, 0.15) is 5.75 Å². The lowest BCUT2D eigenvalue weighted by atomic mass is 10.2. The molecule has 2 nitrogen and oxygen atoms in total. The van der Waals surface area contributed by atoms with Crippen LogP contribution in [0.5, 0.6) is 5.75 Å². The van der Waals surface area contributed by atoms with Crippen LogP contribution in [0.15, 0.2) is 23.1 Å². The highest BCUT2D eigenvalue weighted by Gasteiger charge is 2.06. The number of ether oxygens (including phenoxy) is 1. The van der Waals surface area contributed by atoms with E-state index in [9.17, 15) is 0 Å². The largest absolute Gasteiger partial charge is 0.489 e. The van der Waals surface area contributed by atoms with Gasteiger partial charge in [0.05, 0.1) is 11.8 Å². The first-order valence-corrected chi connectivity index (χ1v) is 7.20. The van der Waals surface area contributed by atoms with Gasteiger partial charge in [-0.2, -0.15) is 0 Å². The van der Waals surface area contributed by atoms with Gasteiger partial charge < -0.3 is 10.5 Å². The van der Waals surface area contributed by atoms with Crippen LogP contribution in [0, 0.1) is 5.92 Å². The minimum atomic E-state index is 0.159. The molecule has 96 valence electrons. The van der Waals surface area contributed by atoms with E-state index >= 15 is 0 Å². The summed E-state index contributed by atoms with van der Waals surface area (Å²) in [6.45, 7) is 8.52. The van der Waals surface area contributed by atoms with E-state index in [1.165, 1.54) is 11.3 Å². The Balaban J connectivity index is 2.67. The average molecular weight is 253 g/mol. The van der Waals surface area contributed by atoms with Crippen LogP contribution in [-0.4, -0.2) is 11.9 Å². The van der Waals surface area contributed by atoms with Gasteiger partial charge in [0.25, 0.3) is 0 Å². The highest BCUT2D eigenvalue weighted by Crippen LogP contribution is 2.30. The lowest BCUT2D eigenvalue weighted by Crippen LogP contribution is -2.07. The van der Waals surface area contributed by atoms with E-state index in [1.54, 1.807) is 0 Å². The fraction of sp³-hybridized carbons (Fsp3) is 0.571. The molecule has 0 amide bonds. The number of benzene rings is 1. The first kappa shape index (κ1) is 14.2. The molecule has 1 aromatic carbocycles. The summed E-state index contributed by atoms with van der Waals surface area (Å²) in [4.78, 5) is 1.23. The fourth-order valence-corrected chi connectivity index (χ4v) is 2.38. The third kappa shape index (κ3) is 4.90. The highest BCUT2D eigenvalue weighted by atomic mass is 32.2. The van der Waals surface area contributed by atoms with E-state index in [0.29, 0.717) is 5.69 Å². The molecule has 3 heteroatoms. The van der Waals surface area contributed by atoms with Gasteiger partial charge in [-0.15, -0.1) is 11.8 Å². The molecule has 17 heavy (non-hydrogen) atoms. The summed E-state index contributed by atoms with van der Waals surface area (Å²) >= 11 is 1.87. The van der Waals surface area contributed by atoms with Gasteiger partial charge >= 0.3 is 0 Å². The number of hydrogen-bond acceptors (Lipinski definition) is 3. The van der Waals surface area contributed by atoms with Crippen molar-refractivity contribution in [3.05, 3.63) is 18.2 Å². The number of hydrogen-bond donors (Lipinski definition) is 1. The molecule has 0 aliphatic carbocycles. The summed E-state index contributed by atoms with van der Waals surface area (Å²) in [6.07, 6.45) is 1.38. The monoisotopic (exact) mass is 253 g/mol. The van der Waals surface area contributed by atoms with Crippen molar-refractivity contribution in [1.82, 2.24) is 0 Å². The van der Waals surface area contributed by atoms with Crippen molar-refractivity contribution in [3.8, 4) is 5.75 Å². The molecule has 0 aliphatic heterocycles. The molecule has 1 aromatic rings. The zero-order valence-corrected chi connectivity index (χ0v) is 12.0. The van der Waals surface area contributed by atoms with Crippen molar-refractivity contribution in [2.45, 2.75) is 45.1 Å².